The van der Waals surface area contributed by atoms with E-state index >= 15 is 0 Å². The summed E-state index contributed by atoms with van der Waals surface area (Å²) in [6, 6.07) is 11.3. The average molecular weight is 354 g/mol. The van der Waals surface area contributed by atoms with E-state index in [1.165, 1.54) is 37.8 Å². The van der Waals surface area contributed by atoms with Crippen LogP contribution in [-0.2, 0) is 0 Å². The summed E-state index contributed by atoms with van der Waals surface area (Å²) in [7, 11) is 0. The van der Waals surface area contributed by atoms with Crippen molar-refractivity contribution in [3.8, 4) is 11.3 Å². The third-order valence-electron chi connectivity index (χ3n) is 5.24. The first-order chi connectivity index (χ1) is 12.4. The van der Waals surface area contributed by atoms with Crippen molar-refractivity contribution < 1.29 is 0 Å². The van der Waals surface area contributed by atoms with Crippen molar-refractivity contribution in [2.24, 2.45) is 0 Å². The van der Waals surface area contributed by atoms with Gasteiger partial charge in [0.05, 0.1) is 5.69 Å². The van der Waals surface area contributed by atoms with Gasteiger partial charge in [-0.2, -0.15) is 0 Å². The summed E-state index contributed by atoms with van der Waals surface area (Å²) < 4.78 is 0. The lowest BCUT2D eigenvalue weighted by atomic mass is 9.96. The van der Waals surface area contributed by atoms with E-state index in [9.17, 15) is 0 Å². The average Bonchev–Trinajstić information content (AvgIpc) is 2.70. The highest BCUT2D eigenvalue weighted by atomic mass is 15.2. The normalized spacial score (nSPS) is 18.2. The van der Waals surface area contributed by atoms with Crippen molar-refractivity contribution in [3.05, 3.63) is 36.5 Å². The molecule has 2 aliphatic rings. The van der Waals surface area contributed by atoms with Crippen LogP contribution in [0.1, 0.15) is 39.5 Å². The van der Waals surface area contributed by atoms with E-state index in [-0.39, 0.29) is 7.43 Å². The van der Waals surface area contributed by atoms with Crippen LogP contribution in [-0.4, -0.2) is 42.2 Å². The van der Waals surface area contributed by atoms with E-state index in [1.807, 2.05) is 12.3 Å². The lowest BCUT2D eigenvalue weighted by molar-refractivity contribution is 0.461. The fraction of sp³-hybridized carbons (Fsp3) is 0.524. The molecule has 0 amide bonds. The quantitative estimate of drug-likeness (QED) is 0.872. The molecule has 0 atom stereocenters. The van der Waals surface area contributed by atoms with Crippen LogP contribution >= 0.6 is 0 Å². The molecule has 140 valence electrons. The van der Waals surface area contributed by atoms with Gasteiger partial charge in [-0.25, -0.2) is 9.97 Å². The first kappa shape index (κ1) is 18.6. The maximum atomic E-state index is 4.73. The maximum Gasteiger partial charge on any atom is 0.223 e. The molecule has 2 N–H and O–H groups in total. The molecule has 1 aliphatic carbocycles. The Morgan fingerprint density at radius 2 is 1.69 bits per heavy atom. The second kappa shape index (κ2) is 8.99. The maximum absolute atomic E-state index is 4.73. The molecule has 2 heterocycles. The van der Waals surface area contributed by atoms with E-state index < -0.39 is 0 Å². The smallest absolute Gasteiger partial charge is 0.223 e. The molecule has 1 aliphatic heterocycles. The molecule has 0 bridgehead atoms. The van der Waals surface area contributed by atoms with Gasteiger partial charge in [0.1, 0.15) is 0 Å². The van der Waals surface area contributed by atoms with Crippen molar-refractivity contribution in [2.75, 3.05) is 36.4 Å². The summed E-state index contributed by atoms with van der Waals surface area (Å²) >= 11 is 0. The fourth-order valence-electron chi connectivity index (χ4n) is 3.78. The number of rotatable bonds is 4. The van der Waals surface area contributed by atoms with Crippen LogP contribution in [0.2, 0.25) is 0 Å². The third-order valence-corrected chi connectivity index (χ3v) is 5.24. The summed E-state index contributed by atoms with van der Waals surface area (Å²) in [4.78, 5) is 11.6. The second-order valence-corrected chi connectivity index (χ2v) is 7.03. The lowest BCUT2D eigenvalue weighted by Crippen LogP contribution is -2.43. The number of benzene rings is 1. The molecule has 2 fully saturated rings. The predicted octanol–water partition coefficient (Wildman–Crippen LogP) is 3.93. The zero-order valence-electron chi connectivity index (χ0n) is 14.7. The molecule has 0 radical (unpaired) electrons. The van der Waals surface area contributed by atoms with E-state index in [2.05, 4.69) is 44.8 Å². The summed E-state index contributed by atoms with van der Waals surface area (Å²) in [6.07, 6.45) is 8.30. The highest BCUT2D eigenvalue weighted by molar-refractivity contribution is 5.64. The van der Waals surface area contributed by atoms with Crippen molar-refractivity contribution >= 4 is 11.6 Å². The molecule has 1 aromatic heterocycles. The van der Waals surface area contributed by atoms with E-state index in [4.69, 9.17) is 4.98 Å². The minimum atomic E-state index is 0. The summed E-state index contributed by atoms with van der Waals surface area (Å²) in [6.45, 7) is 4.26. The number of hydrogen-bond donors (Lipinski definition) is 2. The van der Waals surface area contributed by atoms with Crippen LogP contribution in [0.4, 0.5) is 11.6 Å². The van der Waals surface area contributed by atoms with Gasteiger partial charge < -0.3 is 15.5 Å². The lowest BCUT2D eigenvalue weighted by Gasteiger charge is -2.29. The topological polar surface area (TPSA) is 53.1 Å². The van der Waals surface area contributed by atoms with Crippen molar-refractivity contribution in [1.82, 2.24) is 15.3 Å². The highest BCUT2D eigenvalue weighted by Crippen LogP contribution is 2.24. The van der Waals surface area contributed by atoms with Gasteiger partial charge in [-0.15, -0.1) is 0 Å². The molecule has 2 aromatic rings. The van der Waals surface area contributed by atoms with Crippen LogP contribution in [0.3, 0.4) is 0 Å². The van der Waals surface area contributed by atoms with Crippen LogP contribution in [0.15, 0.2) is 36.5 Å². The zero-order valence-corrected chi connectivity index (χ0v) is 14.7. The van der Waals surface area contributed by atoms with Gasteiger partial charge in [0.2, 0.25) is 5.95 Å². The summed E-state index contributed by atoms with van der Waals surface area (Å²) in [5.74, 6) is 0.760. The Labute approximate surface area is 157 Å². The number of aromatic nitrogens is 2. The van der Waals surface area contributed by atoms with Crippen molar-refractivity contribution in [1.29, 1.82) is 0 Å². The molecule has 4 rings (SSSR count). The fourth-order valence-corrected chi connectivity index (χ4v) is 3.78. The molecule has 1 saturated heterocycles. The molecule has 1 aromatic carbocycles. The van der Waals surface area contributed by atoms with Gasteiger partial charge >= 0.3 is 0 Å². The monoisotopic (exact) mass is 353 g/mol. The number of anilines is 2. The Hall–Kier alpha value is -2.14. The number of nitrogens with zero attached hydrogens (tertiary/aromatic N) is 3. The molecule has 0 unspecified atom stereocenters. The van der Waals surface area contributed by atoms with Crippen molar-refractivity contribution in [3.63, 3.8) is 0 Å². The predicted molar refractivity (Wildman–Crippen MR) is 110 cm³/mol. The Morgan fingerprint density at radius 1 is 0.962 bits per heavy atom. The number of piperazine rings is 1. The standard InChI is InChI=1S/C20H27N5.CH4/c1-2-4-17(5-3-1)23-20-22-11-10-19(24-20)16-6-8-18(9-7-16)25-14-12-21-13-15-25;/h6-11,17,21H,1-5,12-15H2,(H,22,23,24);1H4. The SMILES string of the molecule is C.c1cc(-c2ccc(N3CCNCC3)cc2)nc(NC2CCCCC2)n1. The molecule has 5 heteroatoms. The van der Waals surface area contributed by atoms with Gasteiger partial charge in [-0.3, -0.25) is 0 Å². The van der Waals surface area contributed by atoms with E-state index in [1.54, 1.807) is 0 Å². The highest BCUT2D eigenvalue weighted by Gasteiger charge is 2.14. The Kier molecular flexibility index (Phi) is 6.45. The van der Waals surface area contributed by atoms with Gasteiger partial charge in [-0.05, 0) is 31.0 Å². The van der Waals surface area contributed by atoms with Gasteiger partial charge in [-0.1, -0.05) is 38.8 Å². The molecular formula is C21H31N5. The Bertz CT molecular complexity index is 673. The largest absolute Gasteiger partial charge is 0.369 e. The summed E-state index contributed by atoms with van der Waals surface area (Å²) in [5, 5.41) is 6.91. The minimum absolute atomic E-state index is 0. The van der Waals surface area contributed by atoms with Crippen LogP contribution in [0, 0.1) is 0 Å². The van der Waals surface area contributed by atoms with E-state index in [0.29, 0.717) is 6.04 Å². The molecule has 1 saturated carbocycles. The molecular weight excluding hydrogens is 322 g/mol. The van der Waals surface area contributed by atoms with Crippen LogP contribution < -0.4 is 15.5 Å². The first-order valence-electron chi connectivity index (χ1n) is 9.54. The van der Waals surface area contributed by atoms with Crippen LogP contribution in [0.25, 0.3) is 11.3 Å². The Balaban J connectivity index is 0.00000196. The van der Waals surface area contributed by atoms with Gasteiger partial charge in [0, 0.05) is 49.7 Å². The minimum Gasteiger partial charge on any atom is -0.369 e. The molecule has 26 heavy (non-hydrogen) atoms. The Morgan fingerprint density at radius 3 is 2.42 bits per heavy atom. The van der Waals surface area contributed by atoms with Gasteiger partial charge in [0.25, 0.3) is 0 Å². The van der Waals surface area contributed by atoms with Crippen molar-refractivity contribution in [2.45, 2.75) is 45.6 Å². The third kappa shape index (κ3) is 4.52. The molecule has 5 nitrogen and oxygen atoms in total. The van der Waals surface area contributed by atoms with Gasteiger partial charge in [0.15, 0.2) is 0 Å². The second-order valence-electron chi connectivity index (χ2n) is 7.03. The number of nitrogens with one attached hydrogen (secondary N) is 2. The van der Waals surface area contributed by atoms with Crippen LogP contribution in [0.5, 0.6) is 0 Å². The summed E-state index contributed by atoms with van der Waals surface area (Å²) in [5.41, 5.74) is 3.42. The number of hydrogen-bond acceptors (Lipinski definition) is 5. The molecule has 0 spiro atoms. The van der Waals surface area contributed by atoms with E-state index in [0.717, 1.165) is 43.4 Å². The first-order valence-corrected chi connectivity index (χ1v) is 9.54. The zero-order chi connectivity index (χ0) is 16.9.